The Kier molecular flexibility index (Phi) is 6.51. The molecule has 1 aliphatic rings. The Hall–Kier alpha value is -2.72. The maximum Gasteiger partial charge on any atom is 0.272 e. The summed E-state index contributed by atoms with van der Waals surface area (Å²) >= 11 is 0. The van der Waals surface area contributed by atoms with Crippen molar-refractivity contribution in [2.45, 2.75) is 45.1 Å². The molecule has 0 unspecified atom stereocenters. The van der Waals surface area contributed by atoms with Gasteiger partial charge in [-0.1, -0.05) is 19.1 Å². The number of amides is 1. The van der Waals surface area contributed by atoms with Crippen molar-refractivity contribution < 1.29 is 18.1 Å². The summed E-state index contributed by atoms with van der Waals surface area (Å²) in [7, 11) is -2.03. The lowest BCUT2D eigenvalue weighted by Gasteiger charge is -2.29. The summed E-state index contributed by atoms with van der Waals surface area (Å²) in [5.74, 6) is 0.0622. The van der Waals surface area contributed by atoms with Gasteiger partial charge in [0.2, 0.25) is 10.0 Å². The van der Waals surface area contributed by atoms with E-state index in [1.54, 1.807) is 37.6 Å². The Morgan fingerprint density at radius 2 is 1.90 bits per heavy atom. The molecule has 1 aliphatic heterocycles. The molecule has 1 N–H and O–H groups in total. The number of piperidine rings is 1. The summed E-state index contributed by atoms with van der Waals surface area (Å²) < 4.78 is 29.3. The van der Waals surface area contributed by atoms with Gasteiger partial charge in [0.25, 0.3) is 11.6 Å². The quantitative estimate of drug-likeness (QED) is 0.539. The largest absolute Gasteiger partial charge is 0.347 e. The van der Waals surface area contributed by atoms with Gasteiger partial charge in [-0.05, 0) is 44.2 Å². The van der Waals surface area contributed by atoms with Crippen molar-refractivity contribution in [3.05, 3.63) is 56.9 Å². The maximum atomic E-state index is 13.1. The van der Waals surface area contributed by atoms with Crippen LogP contribution in [-0.4, -0.2) is 41.2 Å². The topological polar surface area (TPSA) is 115 Å². The van der Waals surface area contributed by atoms with E-state index in [0.29, 0.717) is 35.8 Å². The third kappa shape index (κ3) is 4.49. The van der Waals surface area contributed by atoms with Crippen LogP contribution in [0.1, 0.15) is 47.1 Å². The highest BCUT2D eigenvalue weighted by atomic mass is 32.2. The number of hydrogen-bond acceptors (Lipinski definition) is 5. The highest BCUT2D eigenvalue weighted by molar-refractivity contribution is 7.89. The van der Waals surface area contributed by atoms with Gasteiger partial charge >= 0.3 is 0 Å². The monoisotopic (exact) mass is 448 g/mol. The number of nitro benzene ring substituents is 1. The molecule has 10 heteroatoms. The number of carbonyl (C=O) groups is 1. The Bertz CT molecular complexity index is 1120. The first-order valence-corrected chi connectivity index (χ1v) is 11.7. The molecule has 0 bridgehead atoms. The first-order valence-electron chi connectivity index (χ1n) is 10.2. The van der Waals surface area contributed by atoms with Crippen molar-refractivity contribution in [3.8, 4) is 0 Å². The van der Waals surface area contributed by atoms with Gasteiger partial charge in [-0.25, -0.2) is 8.42 Å². The fourth-order valence-corrected chi connectivity index (χ4v) is 5.58. The summed E-state index contributed by atoms with van der Waals surface area (Å²) in [6.45, 7) is 6.49. The lowest BCUT2D eigenvalue weighted by atomic mass is 10.0. The van der Waals surface area contributed by atoms with Crippen LogP contribution in [0.25, 0.3) is 0 Å². The third-order valence-corrected chi connectivity index (χ3v) is 8.15. The maximum absolute atomic E-state index is 13.1. The molecule has 1 fully saturated rings. The minimum absolute atomic E-state index is 0.00862. The molecule has 0 spiro atoms. The zero-order valence-corrected chi connectivity index (χ0v) is 19.0. The fraction of sp³-hybridized carbons (Fsp3) is 0.476. The van der Waals surface area contributed by atoms with Crippen molar-refractivity contribution in [1.29, 1.82) is 0 Å². The van der Waals surface area contributed by atoms with Gasteiger partial charge in [-0.15, -0.1) is 0 Å². The lowest BCUT2D eigenvalue weighted by Crippen LogP contribution is -2.38. The molecule has 1 saturated heterocycles. The molecule has 1 amide bonds. The van der Waals surface area contributed by atoms with Crippen LogP contribution in [-0.2, 0) is 23.6 Å². The predicted molar refractivity (Wildman–Crippen MR) is 116 cm³/mol. The molecule has 2 heterocycles. The SMILES string of the molecule is Cc1c(CNC(=O)c2cc(S(=O)(=O)N3CCC(C)CC3)c(C)n2C)cccc1[N+](=O)[O-]. The van der Waals surface area contributed by atoms with Crippen molar-refractivity contribution in [1.82, 2.24) is 14.2 Å². The molecular weight excluding hydrogens is 420 g/mol. The number of rotatable bonds is 6. The van der Waals surface area contributed by atoms with Crippen LogP contribution in [0.4, 0.5) is 5.69 Å². The number of aromatic nitrogens is 1. The second-order valence-corrected chi connectivity index (χ2v) is 10.0. The summed E-state index contributed by atoms with van der Waals surface area (Å²) in [6.07, 6.45) is 1.64. The van der Waals surface area contributed by atoms with Gasteiger partial charge in [0.1, 0.15) is 10.6 Å². The molecule has 3 rings (SSSR count). The third-order valence-electron chi connectivity index (χ3n) is 6.14. The van der Waals surface area contributed by atoms with Gasteiger partial charge in [0.05, 0.1) is 4.92 Å². The highest BCUT2D eigenvalue weighted by Crippen LogP contribution is 2.27. The Balaban J connectivity index is 1.81. The molecular formula is C21H28N4O5S. The second-order valence-electron chi connectivity index (χ2n) is 8.13. The van der Waals surface area contributed by atoms with Gasteiger partial charge < -0.3 is 9.88 Å². The Labute approximate surface area is 182 Å². The van der Waals surface area contributed by atoms with Crippen molar-refractivity contribution in [2.24, 2.45) is 13.0 Å². The van der Waals surface area contributed by atoms with Crippen molar-refractivity contribution in [3.63, 3.8) is 0 Å². The van der Waals surface area contributed by atoms with E-state index in [1.165, 1.54) is 16.4 Å². The number of benzene rings is 1. The smallest absolute Gasteiger partial charge is 0.272 e. The van der Waals surface area contributed by atoms with Crippen LogP contribution >= 0.6 is 0 Å². The van der Waals surface area contributed by atoms with Crippen molar-refractivity contribution in [2.75, 3.05) is 13.1 Å². The summed E-state index contributed by atoms with van der Waals surface area (Å²) in [5, 5.41) is 13.9. The number of sulfonamides is 1. The molecule has 0 aliphatic carbocycles. The zero-order valence-electron chi connectivity index (χ0n) is 18.2. The van der Waals surface area contributed by atoms with E-state index in [9.17, 15) is 23.3 Å². The van der Waals surface area contributed by atoms with Gasteiger partial charge in [0, 0.05) is 44.0 Å². The van der Waals surface area contributed by atoms with E-state index in [-0.39, 0.29) is 22.8 Å². The summed E-state index contributed by atoms with van der Waals surface area (Å²) in [6, 6.07) is 6.12. The van der Waals surface area contributed by atoms with E-state index < -0.39 is 20.9 Å². The average molecular weight is 449 g/mol. The minimum Gasteiger partial charge on any atom is -0.347 e. The predicted octanol–water partition coefficient (Wildman–Crippen LogP) is 2.90. The number of nitrogens with one attached hydrogen (secondary N) is 1. The van der Waals surface area contributed by atoms with E-state index >= 15 is 0 Å². The number of carbonyl (C=O) groups excluding carboxylic acids is 1. The van der Waals surface area contributed by atoms with E-state index in [1.807, 2.05) is 0 Å². The van der Waals surface area contributed by atoms with E-state index in [0.717, 1.165) is 12.8 Å². The second kappa shape index (κ2) is 8.80. The molecule has 9 nitrogen and oxygen atoms in total. The van der Waals surface area contributed by atoms with Crippen LogP contribution in [0.5, 0.6) is 0 Å². The normalized spacial score (nSPS) is 15.7. The van der Waals surface area contributed by atoms with Crippen LogP contribution in [0.3, 0.4) is 0 Å². The first-order chi connectivity index (χ1) is 14.5. The van der Waals surface area contributed by atoms with Gasteiger partial charge in [-0.2, -0.15) is 4.31 Å². The van der Waals surface area contributed by atoms with Crippen LogP contribution in [0, 0.1) is 29.9 Å². The van der Waals surface area contributed by atoms with Gasteiger partial charge in [0.15, 0.2) is 0 Å². The fourth-order valence-electron chi connectivity index (χ4n) is 3.84. The number of nitrogens with zero attached hydrogens (tertiary/aromatic N) is 3. The molecule has 1 aromatic heterocycles. The highest BCUT2D eigenvalue weighted by Gasteiger charge is 2.32. The number of nitro groups is 1. The van der Waals surface area contributed by atoms with Gasteiger partial charge in [-0.3, -0.25) is 14.9 Å². The first kappa shape index (κ1) is 23.0. The summed E-state index contributed by atoms with van der Waals surface area (Å²) in [5.41, 5.74) is 1.83. The van der Waals surface area contributed by atoms with Crippen LogP contribution in [0.2, 0.25) is 0 Å². The molecule has 168 valence electrons. The lowest BCUT2D eigenvalue weighted by molar-refractivity contribution is -0.385. The van der Waals surface area contributed by atoms with E-state index in [2.05, 4.69) is 12.2 Å². The van der Waals surface area contributed by atoms with Crippen LogP contribution < -0.4 is 5.32 Å². The van der Waals surface area contributed by atoms with Crippen molar-refractivity contribution >= 4 is 21.6 Å². The summed E-state index contributed by atoms with van der Waals surface area (Å²) in [4.78, 5) is 23.6. The molecule has 31 heavy (non-hydrogen) atoms. The zero-order chi connectivity index (χ0) is 22.9. The molecule has 0 radical (unpaired) electrons. The molecule has 0 saturated carbocycles. The molecule has 2 aromatic rings. The molecule has 1 aromatic carbocycles. The number of hydrogen-bond donors (Lipinski definition) is 1. The molecule has 0 atom stereocenters. The Morgan fingerprint density at radius 3 is 2.52 bits per heavy atom. The average Bonchev–Trinajstić information content (AvgIpc) is 3.02. The standard InChI is InChI=1S/C21H28N4O5S/c1-14-8-10-24(11-9-14)31(29,30)20-12-19(23(4)16(20)3)21(26)22-13-17-6-5-7-18(15(17)2)25(27)28/h5-7,12,14H,8-11,13H2,1-4H3,(H,22,26). The van der Waals surface area contributed by atoms with E-state index in [4.69, 9.17) is 0 Å². The Morgan fingerprint density at radius 1 is 1.26 bits per heavy atom. The van der Waals surface area contributed by atoms with Crippen LogP contribution in [0.15, 0.2) is 29.2 Å². The minimum atomic E-state index is -3.68.